The normalized spacial score (nSPS) is 33.7. The Morgan fingerprint density at radius 2 is 2.00 bits per heavy atom. The van der Waals surface area contributed by atoms with Gasteiger partial charge in [0, 0.05) is 5.92 Å². The zero-order chi connectivity index (χ0) is 7.56. The maximum absolute atomic E-state index is 10.8. The number of nitrogens with two attached hydrogens (primary N) is 1. The molecule has 0 saturated heterocycles. The van der Waals surface area contributed by atoms with Gasteiger partial charge in [-0.2, -0.15) is 0 Å². The van der Waals surface area contributed by atoms with Gasteiger partial charge in [-0.1, -0.05) is 19.8 Å². The summed E-state index contributed by atoms with van der Waals surface area (Å²) in [6.07, 6.45) is 4.63. The number of hydrogen-bond acceptors (Lipinski definition) is 1. The van der Waals surface area contributed by atoms with Gasteiger partial charge in [-0.3, -0.25) is 4.79 Å². The minimum Gasteiger partial charge on any atom is -0.369 e. The van der Waals surface area contributed by atoms with E-state index < -0.39 is 0 Å². The van der Waals surface area contributed by atoms with Crippen LogP contribution in [0.2, 0.25) is 0 Å². The number of carbonyl (C=O) groups is 1. The number of amides is 1. The quantitative estimate of drug-likeness (QED) is 0.587. The molecule has 0 spiro atoms. The highest BCUT2D eigenvalue weighted by Gasteiger charge is 2.25. The summed E-state index contributed by atoms with van der Waals surface area (Å²) in [4.78, 5) is 10.8. The number of carbonyl (C=O) groups excluding carboxylic acids is 1. The van der Waals surface area contributed by atoms with Gasteiger partial charge in [-0.15, -0.1) is 0 Å². The Hall–Kier alpha value is -0.530. The summed E-state index contributed by atoms with van der Waals surface area (Å²) in [5.74, 6) is 0.576. The monoisotopic (exact) mass is 141 g/mol. The predicted molar refractivity (Wildman–Crippen MR) is 40.3 cm³/mol. The number of rotatable bonds is 1. The van der Waals surface area contributed by atoms with E-state index in [0.717, 1.165) is 6.42 Å². The van der Waals surface area contributed by atoms with E-state index in [9.17, 15) is 4.79 Å². The lowest BCUT2D eigenvalue weighted by Gasteiger charge is -2.25. The highest BCUT2D eigenvalue weighted by molar-refractivity contribution is 5.76. The second-order valence-corrected chi connectivity index (χ2v) is 3.27. The Morgan fingerprint density at radius 1 is 1.40 bits per heavy atom. The molecule has 58 valence electrons. The molecule has 1 saturated carbocycles. The molecule has 0 unspecified atom stereocenters. The van der Waals surface area contributed by atoms with Crippen LogP contribution in [0.1, 0.15) is 32.6 Å². The zero-order valence-electron chi connectivity index (χ0n) is 6.47. The van der Waals surface area contributed by atoms with Crippen molar-refractivity contribution < 1.29 is 4.79 Å². The average Bonchev–Trinajstić information content (AvgIpc) is 1.88. The largest absolute Gasteiger partial charge is 0.369 e. The molecule has 0 aromatic carbocycles. The third-order valence-electron chi connectivity index (χ3n) is 2.48. The Labute approximate surface area is 61.8 Å². The fourth-order valence-electron chi connectivity index (χ4n) is 1.74. The van der Waals surface area contributed by atoms with Crippen molar-refractivity contribution in [2.45, 2.75) is 32.6 Å². The molecule has 1 aliphatic carbocycles. The molecule has 1 fully saturated rings. The summed E-state index contributed by atoms with van der Waals surface area (Å²) in [6, 6.07) is 0. The summed E-state index contributed by atoms with van der Waals surface area (Å²) in [6.45, 7) is 2.12. The highest BCUT2D eigenvalue weighted by atomic mass is 16.1. The van der Waals surface area contributed by atoms with E-state index in [-0.39, 0.29) is 11.8 Å². The first-order chi connectivity index (χ1) is 4.72. The third kappa shape index (κ3) is 1.49. The SMILES string of the molecule is C[C@@H]1CCCC[C@@H]1C(N)=O. The minimum absolute atomic E-state index is 0.104. The summed E-state index contributed by atoms with van der Waals surface area (Å²) in [5, 5.41) is 0. The predicted octanol–water partition coefficient (Wildman–Crippen LogP) is 1.30. The van der Waals surface area contributed by atoms with Crippen LogP contribution in [-0.2, 0) is 4.79 Å². The Balaban J connectivity index is 2.47. The van der Waals surface area contributed by atoms with Gasteiger partial charge in [-0.05, 0) is 18.8 Å². The summed E-state index contributed by atoms with van der Waals surface area (Å²) in [5.41, 5.74) is 5.22. The lowest BCUT2D eigenvalue weighted by atomic mass is 9.80. The molecule has 1 rings (SSSR count). The molecule has 0 radical (unpaired) electrons. The van der Waals surface area contributed by atoms with Crippen molar-refractivity contribution in [3.63, 3.8) is 0 Å². The first-order valence-corrected chi connectivity index (χ1v) is 4.01. The van der Waals surface area contributed by atoms with Gasteiger partial charge in [0.05, 0.1) is 0 Å². The fraction of sp³-hybridized carbons (Fsp3) is 0.875. The number of primary amides is 1. The number of hydrogen-bond donors (Lipinski definition) is 1. The van der Waals surface area contributed by atoms with Crippen LogP contribution in [0.25, 0.3) is 0 Å². The molecule has 2 heteroatoms. The van der Waals surface area contributed by atoms with Crippen LogP contribution in [0.4, 0.5) is 0 Å². The molecule has 1 amide bonds. The van der Waals surface area contributed by atoms with E-state index in [2.05, 4.69) is 6.92 Å². The summed E-state index contributed by atoms with van der Waals surface area (Å²) >= 11 is 0. The topological polar surface area (TPSA) is 43.1 Å². The van der Waals surface area contributed by atoms with Crippen molar-refractivity contribution >= 4 is 5.91 Å². The van der Waals surface area contributed by atoms with Crippen molar-refractivity contribution in [1.82, 2.24) is 0 Å². The van der Waals surface area contributed by atoms with Gasteiger partial charge in [0.25, 0.3) is 0 Å². The molecular weight excluding hydrogens is 126 g/mol. The molecule has 2 nitrogen and oxygen atoms in total. The van der Waals surface area contributed by atoms with Crippen molar-refractivity contribution in [2.24, 2.45) is 17.6 Å². The first kappa shape index (κ1) is 7.58. The second kappa shape index (κ2) is 3.04. The van der Waals surface area contributed by atoms with Gasteiger partial charge in [0.2, 0.25) is 5.91 Å². The van der Waals surface area contributed by atoms with Crippen LogP contribution in [0.3, 0.4) is 0 Å². The standard InChI is InChI=1S/C8H15NO/c1-6-4-2-3-5-7(6)8(9)10/h6-7H,2-5H2,1H3,(H2,9,10)/t6-,7+/m1/s1. The third-order valence-corrected chi connectivity index (χ3v) is 2.48. The van der Waals surface area contributed by atoms with Gasteiger partial charge < -0.3 is 5.73 Å². The zero-order valence-corrected chi connectivity index (χ0v) is 6.47. The lowest BCUT2D eigenvalue weighted by Crippen LogP contribution is -2.30. The molecule has 0 aromatic rings. The molecule has 1 aliphatic rings. The van der Waals surface area contributed by atoms with Crippen LogP contribution in [-0.4, -0.2) is 5.91 Å². The van der Waals surface area contributed by atoms with Crippen molar-refractivity contribution in [2.75, 3.05) is 0 Å². The highest BCUT2D eigenvalue weighted by Crippen LogP contribution is 2.28. The first-order valence-electron chi connectivity index (χ1n) is 4.01. The lowest BCUT2D eigenvalue weighted by molar-refractivity contribution is -0.124. The van der Waals surface area contributed by atoms with Crippen LogP contribution >= 0.6 is 0 Å². The van der Waals surface area contributed by atoms with E-state index in [1.165, 1.54) is 19.3 Å². The van der Waals surface area contributed by atoms with E-state index >= 15 is 0 Å². The van der Waals surface area contributed by atoms with Crippen LogP contribution in [0, 0.1) is 11.8 Å². The van der Waals surface area contributed by atoms with E-state index in [0.29, 0.717) is 5.92 Å². The van der Waals surface area contributed by atoms with E-state index in [4.69, 9.17) is 5.73 Å². The Kier molecular flexibility index (Phi) is 2.30. The van der Waals surface area contributed by atoms with Gasteiger partial charge in [-0.25, -0.2) is 0 Å². The molecule has 0 aromatic heterocycles. The van der Waals surface area contributed by atoms with Gasteiger partial charge >= 0.3 is 0 Å². The molecule has 2 atom stereocenters. The maximum Gasteiger partial charge on any atom is 0.220 e. The smallest absolute Gasteiger partial charge is 0.220 e. The molecule has 0 aliphatic heterocycles. The molecule has 0 bridgehead atoms. The van der Waals surface area contributed by atoms with Crippen LogP contribution < -0.4 is 5.73 Å². The molecule has 0 heterocycles. The van der Waals surface area contributed by atoms with E-state index in [1.807, 2.05) is 0 Å². The van der Waals surface area contributed by atoms with Gasteiger partial charge in [0.15, 0.2) is 0 Å². The van der Waals surface area contributed by atoms with Crippen molar-refractivity contribution in [1.29, 1.82) is 0 Å². The van der Waals surface area contributed by atoms with Crippen molar-refractivity contribution in [3.8, 4) is 0 Å². The Morgan fingerprint density at radius 3 is 2.40 bits per heavy atom. The van der Waals surface area contributed by atoms with Crippen LogP contribution in [0.5, 0.6) is 0 Å². The molecular formula is C8H15NO. The summed E-state index contributed by atoms with van der Waals surface area (Å²) < 4.78 is 0. The molecule has 10 heavy (non-hydrogen) atoms. The van der Waals surface area contributed by atoms with Crippen molar-refractivity contribution in [3.05, 3.63) is 0 Å². The molecule has 2 N–H and O–H groups in total. The minimum atomic E-state index is -0.104. The maximum atomic E-state index is 10.8. The fourth-order valence-corrected chi connectivity index (χ4v) is 1.74. The average molecular weight is 141 g/mol. The summed E-state index contributed by atoms with van der Waals surface area (Å²) in [7, 11) is 0. The Bertz CT molecular complexity index is 133. The second-order valence-electron chi connectivity index (χ2n) is 3.27. The van der Waals surface area contributed by atoms with Gasteiger partial charge in [0.1, 0.15) is 0 Å². The van der Waals surface area contributed by atoms with Crippen LogP contribution in [0.15, 0.2) is 0 Å². The van der Waals surface area contributed by atoms with E-state index in [1.54, 1.807) is 0 Å².